The summed E-state index contributed by atoms with van der Waals surface area (Å²) in [6.45, 7) is 5.03. The molecule has 2 aromatic rings. The maximum absolute atomic E-state index is 14.0. The number of anilines is 1. The topological polar surface area (TPSA) is 80.3 Å². The molecule has 150 valence electrons. The second-order valence-electron chi connectivity index (χ2n) is 6.36. The molecule has 0 saturated carbocycles. The molecule has 0 saturated heterocycles. The predicted octanol–water partition coefficient (Wildman–Crippen LogP) is 3.28. The Hall–Kier alpha value is -3.10. The largest absolute Gasteiger partial charge is 0.466 e. The van der Waals surface area contributed by atoms with Crippen molar-refractivity contribution >= 4 is 17.7 Å². The second-order valence-corrected chi connectivity index (χ2v) is 6.36. The van der Waals surface area contributed by atoms with E-state index >= 15 is 0 Å². The number of alkyl halides is 3. The minimum absolute atomic E-state index is 0.0432. The fourth-order valence-electron chi connectivity index (χ4n) is 2.59. The number of amides is 1. The molecule has 0 radical (unpaired) electrons. The Kier molecular flexibility index (Phi) is 5.96. The average molecular weight is 395 g/mol. The number of carbonyl (C=O) groups is 2. The van der Waals surface area contributed by atoms with E-state index < -0.39 is 23.7 Å². The molecule has 0 aliphatic heterocycles. The molecule has 1 aromatic carbocycles. The van der Waals surface area contributed by atoms with Gasteiger partial charge in [-0.3, -0.25) is 4.79 Å². The first-order valence-electron chi connectivity index (χ1n) is 8.26. The van der Waals surface area contributed by atoms with Gasteiger partial charge in [0.1, 0.15) is 5.82 Å². The monoisotopic (exact) mass is 395 g/mol. The average Bonchev–Trinajstić information content (AvgIpc) is 2.59. The van der Waals surface area contributed by atoms with Crippen LogP contribution in [0, 0.1) is 20.8 Å². The Morgan fingerprint density at radius 2 is 1.61 bits per heavy atom. The van der Waals surface area contributed by atoms with Crippen LogP contribution in [0.1, 0.15) is 27.2 Å². The van der Waals surface area contributed by atoms with Crippen molar-refractivity contribution < 1.29 is 27.5 Å². The van der Waals surface area contributed by atoms with Gasteiger partial charge in [0.15, 0.2) is 0 Å². The first-order valence-corrected chi connectivity index (χ1v) is 8.26. The van der Waals surface area contributed by atoms with E-state index in [1.807, 2.05) is 5.32 Å². The molecule has 1 heterocycles. The number of hydrogen-bond acceptors (Lipinski definition) is 5. The summed E-state index contributed by atoms with van der Waals surface area (Å²) < 4.78 is 46.5. The highest BCUT2D eigenvalue weighted by atomic mass is 19.4. The first-order chi connectivity index (χ1) is 13.0. The quantitative estimate of drug-likeness (QED) is 0.600. The van der Waals surface area contributed by atoms with Crippen molar-refractivity contribution in [1.29, 1.82) is 0 Å². The van der Waals surface area contributed by atoms with Crippen molar-refractivity contribution in [3.63, 3.8) is 0 Å². The molecule has 0 bridgehead atoms. The zero-order valence-corrected chi connectivity index (χ0v) is 15.8. The number of aromatic nitrogens is 1. The number of nitrogens with zero attached hydrogens (tertiary/aromatic N) is 1. The van der Waals surface area contributed by atoms with Gasteiger partial charge >= 0.3 is 17.8 Å². The Morgan fingerprint density at radius 3 is 2.11 bits per heavy atom. The van der Waals surface area contributed by atoms with E-state index in [1.54, 1.807) is 44.3 Å². The van der Waals surface area contributed by atoms with Gasteiger partial charge in [-0.25, -0.2) is 9.78 Å². The number of nitrogens with one attached hydrogen (secondary N) is 2. The summed E-state index contributed by atoms with van der Waals surface area (Å²) in [7, 11) is 0.803. The summed E-state index contributed by atoms with van der Waals surface area (Å²) in [6, 6.07) is 8.84. The molecular weight excluding hydrogens is 375 g/mol. The zero-order valence-electron chi connectivity index (χ0n) is 15.8. The summed E-state index contributed by atoms with van der Waals surface area (Å²) in [5, 5.41) is 3.79. The Balaban J connectivity index is 2.52. The van der Waals surface area contributed by atoms with Crippen molar-refractivity contribution in [2.45, 2.75) is 32.6 Å². The van der Waals surface area contributed by atoms with E-state index in [2.05, 4.69) is 9.72 Å². The number of aryl methyl sites for hydroxylation is 3. The molecular formula is C19H20F3N3O3. The van der Waals surface area contributed by atoms with Crippen LogP contribution < -0.4 is 10.6 Å². The lowest BCUT2D eigenvalue weighted by Gasteiger charge is -2.34. The van der Waals surface area contributed by atoms with Gasteiger partial charge in [-0.05, 0) is 50.6 Å². The third kappa shape index (κ3) is 4.41. The van der Waals surface area contributed by atoms with E-state index in [4.69, 9.17) is 0 Å². The standard InChI is InChI=1S/C19H20F3N3O3/c1-11-5-7-14(8-6-11)16(26)25-18(17(27)28-4,19(20,21)22)24-15-10-12(2)9-13(3)23-15/h5-10H,1-4H3,(H,23,24)(H,25,26)/t18-/m1/s1. The summed E-state index contributed by atoms with van der Waals surface area (Å²) in [5.41, 5.74) is -1.67. The van der Waals surface area contributed by atoms with Crippen LogP contribution in [0.3, 0.4) is 0 Å². The number of benzene rings is 1. The SMILES string of the molecule is COC(=O)[C@](NC(=O)c1ccc(C)cc1)(Nc1cc(C)cc(C)n1)C(F)(F)F. The van der Waals surface area contributed by atoms with Crippen LogP contribution in [0.25, 0.3) is 0 Å². The fourth-order valence-corrected chi connectivity index (χ4v) is 2.59. The van der Waals surface area contributed by atoms with Crippen LogP contribution >= 0.6 is 0 Å². The summed E-state index contributed by atoms with van der Waals surface area (Å²) in [5.74, 6) is -3.05. The van der Waals surface area contributed by atoms with Crippen molar-refractivity contribution in [3.05, 3.63) is 58.8 Å². The second kappa shape index (κ2) is 7.87. The van der Waals surface area contributed by atoms with Gasteiger partial charge in [-0.15, -0.1) is 0 Å². The third-order valence-corrected chi connectivity index (χ3v) is 3.94. The minimum Gasteiger partial charge on any atom is -0.466 e. The maximum Gasteiger partial charge on any atom is 0.441 e. The van der Waals surface area contributed by atoms with Gasteiger partial charge in [0.25, 0.3) is 5.91 Å². The number of rotatable bonds is 5. The van der Waals surface area contributed by atoms with Crippen LogP contribution in [-0.2, 0) is 9.53 Å². The first kappa shape index (κ1) is 21.2. The molecule has 9 heteroatoms. The van der Waals surface area contributed by atoms with Crippen molar-refractivity contribution in [2.75, 3.05) is 12.4 Å². The smallest absolute Gasteiger partial charge is 0.441 e. The van der Waals surface area contributed by atoms with E-state index in [9.17, 15) is 22.8 Å². The highest BCUT2D eigenvalue weighted by Gasteiger charge is 2.63. The number of esters is 1. The van der Waals surface area contributed by atoms with Gasteiger partial charge in [-0.2, -0.15) is 13.2 Å². The maximum atomic E-state index is 14.0. The number of halogens is 3. The van der Waals surface area contributed by atoms with E-state index in [0.717, 1.165) is 12.7 Å². The van der Waals surface area contributed by atoms with Crippen molar-refractivity contribution in [2.24, 2.45) is 0 Å². The third-order valence-electron chi connectivity index (χ3n) is 3.94. The number of pyridine rings is 1. The predicted molar refractivity (Wildman–Crippen MR) is 96.8 cm³/mol. The molecule has 1 aromatic heterocycles. The van der Waals surface area contributed by atoms with Crippen molar-refractivity contribution in [1.82, 2.24) is 10.3 Å². The van der Waals surface area contributed by atoms with Crippen LogP contribution in [0.2, 0.25) is 0 Å². The lowest BCUT2D eigenvalue weighted by Crippen LogP contribution is -2.69. The Bertz CT molecular complexity index is 862. The van der Waals surface area contributed by atoms with Crippen LogP contribution in [0.4, 0.5) is 19.0 Å². The van der Waals surface area contributed by atoms with Crippen LogP contribution in [0.5, 0.6) is 0 Å². The molecule has 28 heavy (non-hydrogen) atoms. The van der Waals surface area contributed by atoms with E-state index in [-0.39, 0.29) is 11.4 Å². The molecule has 0 aliphatic carbocycles. The summed E-state index contributed by atoms with van der Waals surface area (Å²) in [6.07, 6.45) is -5.22. The van der Waals surface area contributed by atoms with Gasteiger partial charge in [0.05, 0.1) is 7.11 Å². The highest BCUT2D eigenvalue weighted by Crippen LogP contribution is 2.33. The Morgan fingerprint density at radius 1 is 1.00 bits per heavy atom. The number of methoxy groups -OCH3 is 1. The molecule has 6 nitrogen and oxygen atoms in total. The van der Waals surface area contributed by atoms with Crippen molar-refractivity contribution in [3.8, 4) is 0 Å². The number of ether oxygens (including phenoxy) is 1. The number of carbonyl (C=O) groups excluding carboxylic acids is 2. The molecule has 0 unspecified atom stereocenters. The van der Waals surface area contributed by atoms with Gasteiger partial charge in [-0.1, -0.05) is 17.7 Å². The lowest BCUT2D eigenvalue weighted by atomic mass is 10.1. The summed E-state index contributed by atoms with van der Waals surface area (Å²) >= 11 is 0. The molecule has 0 aliphatic rings. The lowest BCUT2D eigenvalue weighted by molar-refractivity contribution is -0.203. The van der Waals surface area contributed by atoms with Gasteiger partial charge in [0, 0.05) is 11.3 Å². The normalized spacial score (nSPS) is 13.4. The van der Waals surface area contributed by atoms with Gasteiger partial charge in [0.2, 0.25) is 0 Å². The molecule has 1 amide bonds. The molecule has 1 atom stereocenters. The number of hydrogen-bond donors (Lipinski definition) is 2. The van der Waals surface area contributed by atoms with Crippen LogP contribution in [0.15, 0.2) is 36.4 Å². The zero-order chi connectivity index (χ0) is 21.1. The minimum atomic E-state index is -5.22. The van der Waals surface area contributed by atoms with Gasteiger partial charge < -0.3 is 15.4 Å². The van der Waals surface area contributed by atoms with Crippen LogP contribution in [-0.4, -0.2) is 35.8 Å². The molecule has 2 rings (SSSR count). The van der Waals surface area contributed by atoms with E-state index in [0.29, 0.717) is 11.3 Å². The highest BCUT2D eigenvalue weighted by molar-refractivity contribution is 5.99. The molecule has 2 N–H and O–H groups in total. The summed E-state index contributed by atoms with van der Waals surface area (Å²) in [4.78, 5) is 28.7. The molecule has 0 fully saturated rings. The fraction of sp³-hybridized carbons (Fsp3) is 0.316. The Labute approximate surface area is 160 Å². The van der Waals surface area contributed by atoms with E-state index in [1.165, 1.54) is 18.2 Å². The molecule has 0 spiro atoms.